The molecule has 2 heterocycles. The Bertz CT molecular complexity index is 362. The molecule has 2 rings (SSSR count). The van der Waals surface area contributed by atoms with E-state index in [2.05, 4.69) is 4.90 Å². The van der Waals surface area contributed by atoms with Gasteiger partial charge in [0.25, 0.3) is 0 Å². The highest BCUT2D eigenvalue weighted by Gasteiger charge is 2.33. The Hall–Kier alpha value is -0.280. The Balaban J connectivity index is 1.47. The lowest BCUT2D eigenvalue weighted by Gasteiger charge is -2.44. The summed E-state index contributed by atoms with van der Waals surface area (Å²) in [7, 11) is 0. The Morgan fingerprint density at radius 3 is 2.32 bits per heavy atom. The maximum atomic E-state index is 12.0. The number of halogens is 1. The second-order valence-corrected chi connectivity index (χ2v) is 8.33. The molecule has 0 aromatic heterocycles. The molecule has 2 saturated heterocycles. The van der Waals surface area contributed by atoms with Gasteiger partial charge in [-0.05, 0) is 51.6 Å². The summed E-state index contributed by atoms with van der Waals surface area (Å²) in [5, 5.41) is 0. The Labute approximate surface area is 159 Å². The molecule has 3 nitrogen and oxygen atoms in total. The number of piperidine rings is 2. The van der Waals surface area contributed by atoms with Crippen molar-refractivity contribution < 1.29 is 9.53 Å². The van der Waals surface area contributed by atoms with Crippen molar-refractivity contribution in [2.45, 2.75) is 95.9 Å². The van der Waals surface area contributed by atoms with Gasteiger partial charge in [-0.1, -0.05) is 44.9 Å². The predicted octanol–water partition coefficient (Wildman–Crippen LogP) is 5.54. The molecule has 2 aliphatic heterocycles. The SMILES string of the molecule is O=C(CCCCCCCCCCCl)OC[C@@H]1CCCN2CCCC[C@H]12. The number of esters is 1. The van der Waals surface area contributed by atoms with Crippen LogP contribution >= 0.6 is 11.6 Å². The van der Waals surface area contributed by atoms with Crippen LogP contribution in [0.4, 0.5) is 0 Å². The smallest absolute Gasteiger partial charge is 0.305 e. The van der Waals surface area contributed by atoms with Crippen molar-refractivity contribution in [2.24, 2.45) is 5.92 Å². The molecular formula is C21H38ClNO2. The standard InChI is InChI=1S/C21H38ClNO2/c22-15-9-6-4-2-1-3-5-7-14-21(24)25-18-19-12-11-17-23-16-10-8-13-20(19)23/h19-20H,1-18H2/t19-,20+/m0/s1. The van der Waals surface area contributed by atoms with Gasteiger partial charge in [-0.2, -0.15) is 0 Å². The molecule has 2 fully saturated rings. The first-order valence-corrected chi connectivity index (χ1v) is 11.3. The van der Waals surface area contributed by atoms with E-state index in [4.69, 9.17) is 16.3 Å². The van der Waals surface area contributed by atoms with E-state index in [1.807, 2.05) is 0 Å². The number of unbranched alkanes of at least 4 members (excludes halogenated alkanes) is 7. The molecule has 0 unspecified atom stereocenters. The zero-order chi connectivity index (χ0) is 17.7. The predicted molar refractivity (Wildman–Crippen MR) is 105 cm³/mol. The summed E-state index contributed by atoms with van der Waals surface area (Å²) in [6.45, 7) is 3.16. The molecule has 0 aromatic carbocycles. The highest BCUT2D eigenvalue weighted by atomic mass is 35.5. The zero-order valence-corrected chi connectivity index (χ0v) is 16.8. The second-order valence-electron chi connectivity index (χ2n) is 7.95. The monoisotopic (exact) mass is 371 g/mol. The topological polar surface area (TPSA) is 29.5 Å². The number of carbonyl (C=O) groups excluding carboxylic acids is 1. The van der Waals surface area contributed by atoms with E-state index in [1.165, 1.54) is 77.3 Å². The number of alkyl halides is 1. The molecule has 0 N–H and O–H groups in total. The van der Waals surface area contributed by atoms with Crippen LogP contribution in [0.3, 0.4) is 0 Å². The number of rotatable bonds is 12. The molecule has 0 radical (unpaired) electrons. The van der Waals surface area contributed by atoms with Crippen molar-refractivity contribution in [2.75, 3.05) is 25.6 Å². The molecule has 0 aliphatic carbocycles. The van der Waals surface area contributed by atoms with E-state index in [9.17, 15) is 4.79 Å². The van der Waals surface area contributed by atoms with Crippen LogP contribution in [0.15, 0.2) is 0 Å². The average Bonchev–Trinajstić information content (AvgIpc) is 2.65. The molecule has 4 heteroatoms. The molecule has 0 saturated carbocycles. The molecule has 146 valence electrons. The van der Waals surface area contributed by atoms with Gasteiger partial charge in [0.1, 0.15) is 0 Å². The van der Waals surface area contributed by atoms with Gasteiger partial charge in [-0.3, -0.25) is 9.69 Å². The van der Waals surface area contributed by atoms with Crippen molar-refractivity contribution in [3.63, 3.8) is 0 Å². The summed E-state index contributed by atoms with van der Waals surface area (Å²) in [6.07, 6.45) is 16.8. The number of carbonyl (C=O) groups is 1. The van der Waals surface area contributed by atoms with Gasteiger partial charge in [-0.25, -0.2) is 0 Å². The molecule has 0 bridgehead atoms. The van der Waals surface area contributed by atoms with Gasteiger partial charge in [0.05, 0.1) is 6.61 Å². The van der Waals surface area contributed by atoms with Crippen molar-refractivity contribution in [1.29, 1.82) is 0 Å². The molecule has 0 spiro atoms. The number of fused-ring (bicyclic) bond motifs is 1. The Morgan fingerprint density at radius 1 is 0.880 bits per heavy atom. The maximum absolute atomic E-state index is 12.0. The summed E-state index contributed by atoms with van der Waals surface area (Å²) in [5.41, 5.74) is 0. The molecule has 2 aliphatic rings. The summed E-state index contributed by atoms with van der Waals surface area (Å²) >= 11 is 5.68. The summed E-state index contributed by atoms with van der Waals surface area (Å²) in [6, 6.07) is 0.675. The van der Waals surface area contributed by atoms with Gasteiger partial charge < -0.3 is 4.74 Å². The average molecular weight is 372 g/mol. The van der Waals surface area contributed by atoms with Crippen LogP contribution in [0, 0.1) is 5.92 Å². The van der Waals surface area contributed by atoms with Crippen LogP contribution in [0.2, 0.25) is 0 Å². The van der Waals surface area contributed by atoms with Crippen LogP contribution in [0.5, 0.6) is 0 Å². The zero-order valence-electron chi connectivity index (χ0n) is 16.0. The van der Waals surface area contributed by atoms with Crippen LogP contribution in [-0.4, -0.2) is 42.5 Å². The third kappa shape index (κ3) is 8.30. The Morgan fingerprint density at radius 2 is 1.56 bits per heavy atom. The summed E-state index contributed by atoms with van der Waals surface area (Å²) in [4.78, 5) is 14.6. The first kappa shape index (κ1) is 21.0. The highest BCUT2D eigenvalue weighted by molar-refractivity contribution is 6.17. The normalized spacial score (nSPS) is 24.0. The lowest BCUT2D eigenvalue weighted by Crippen LogP contribution is -2.49. The van der Waals surface area contributed by atoms with E-state index >= 15 is 0 Å². The fourth-order valence-corrected chi connectivity index (χ4v) is 4.66. The van der Waals surface area contributed by atoms with Crippen LogP contribution < -0.4 is 0 Å². The van der Waals surface area contributed by atoms with E-state index in [-0.39, 0.29) is 5.97 Å². The molecule has 0 aromatic rings. The van der Waals surface area contributed by atoms with E-state index < -0.39 is 0 Å². The maximum Gasteiger partial charge on any atom is 0.305 e. The molecule has 2 atom stereocenters. The van der Waals surface area contributed by atoms with Gasteiger partial charge in [0.15, 0.2) is 0 Å². The minimum Gasteiger partial charge on any atom is -0.465 e. The number of hydrogen-bond acceptors (Lipinski definition) is 3. The fourth-order valence-electron chi connectivity index (χ4n) is 4.47. The van der Waals surface area contributed by atoms with Gasteiger partial charge in [0.2, 0.25) is 0 Å². The minimum atomic E-state index is 0.0232. The molecular weight excluding hydrogens is 334 g/mol. The van der Waals surface area contributed by atoms with E-state index in [1.54, 1.807) is 0 Å². The number of ether oxygens (including phenoxy) is 1. The second kappa shape index (κ2) is 13.0. The van der Waals surface area contributed by atoms with E-state index in [0.717, 1.165) is 25.1 Å². The Kier molecular flexibility index (Phi) is 10.9. The highest BCUT2D eigenvalue weighted by Crippen LogP contribution is 2.31. The lowest BCUT2D eigenvalue weighted by atomic mass is 9.84. The van der Waals surface area contributed by atoms with Crippen molar-refractivity contribution in [3.8, 4) is 0 Å². The van der Waals surface area contributed by atoms with Crippen molar-refractivity contribution in [3.05, 3.63) is 0 Å². The molecule has 25 heavy (non-hydrogen) atoms. The summed E-state index contributed by atoms with van der Waals surface area (Å²) < 4.78 is 5.62. The summed E-state index contributed by atoms with van der Waals surface area (Å²) in [5.74, 6) is 1.39. The van der Waals surface area contributed by atoms with Crippen molar-refractivity contribution >= 4 is 17.6 Å². The third-order valence-corrected chi connectivity index (χ3v) is 6.22. The third-order valence-electron chi connectivity index (χ3n) is 5.95. The van der Waals surface area contributed by atoms with E-state index in [0.29, 0.717) is 25.0 Å². The van der Waals surface area contributed by atoms with Gasteiger partial charge in [-0.15, -0.1) is 11.6 Å². The van der Waals surface area contributed by atoms with Crippen LogP contribution in [0.1, 0.15) is 89.9 Å². The van der Waals surface area contributed by atoms with Gasteiger partial charge in [0, 0.05) is 24.3 Å². The van der Waals surface area contributed by atoms with Crippen LogP contribution in [0.25, 0.3) is 0 Å². The fraction of sp³-hybridized carbons (Fsp3) is 0.952. The first-order valence-electron chi connectivity index (χ1n) is 10.8. The minimum absolute atomic E-state index is 0.0232. The first-order chi connectivity index (χ1) is 12.3. The van der Waals surface area contributed by atoms with Crippen LogP contribution in [-0.2, 0) is 9.53 Å². The number of nitrogens with zero attached hydrogens (tertiary/aromatic N) is 1. The quantitative estimate of drug-likeness (QED) is 0.256. The van der Waals surface area contributed by atoms with Crippen molar-refractivity contribution in [1.82, 2.24) is 4.90 Å². The molecule has 0 amide bonds. The number of hydrogen-bond donors (Lipinski definition) is 0. The lowest BCUT2D eigenvalue weighted by molar-refractivity contribution is -0.146. The largest absolute Gasteiger partial charge is 0.465 e. The van der Waals surface area contributed by atoms with Gasteiger partial charge >= 0.3 is 5.97 Å².